The Morgan fingerprint density at radius 2 is 1.61 bits per heavy atom. The molecule has 0 aliphatic rings. The second kappa shape index (κ2) is 11.5. The van der Waals surface area contributed by atoms with E-state index in [0.29, 0.717) is 16.3 Å². The fourth-order valence-electron chi connectivity index (χ4n) is 3.21. The van der Waals surface area contributed by atoms with E-state index < -0.39 is 40.8 Å². The number of pyridine rings is 1. The van der Waals surface area contributed by atoms with Gasteiger partial charge < -0.3 is 16.2 Å². The molecular weight excluding hydrogens is 491 g/mol. The molecule has 0 aliphatic heterocycles. The molecular formula is C24H23FN4O6S. The van der Waals surface area contributed by atoms with E-state index in [0.717, 1.165) is 11.8 Å². The fourth-order valence-corrected chi connectivity index (χ4v) is 4.59. The molecule has 3 amide bonds. The number of carbonyl (C=O) groups is 3. The van der Waals surface area contributed by atoms with Crippen molar-refractivity contribution in [3.8, 4) is 0 Å². The van der Waals surface area contributed by atoms with Gasteiger partial charge in [0.1, 0.15) is 11.5 Å². The van der Waals surface area contributed by atoms with E-state index in [-0.39, 0.29) is 28.6 Å². The third kappa shape index (κ3) is 6.29. The molecule has 188 valence electrons. The van der Waals surface area contributed by atoms with Gasteiger partial charge in [-0.15, -0.1) is 0 Å². The van der Waals surface area contributed by atoms with Crippen LogP contribution in [0.4, 0.5) is 4.39 Å². The highest BCUT2D eigenvalue weighted by molar-refractivity contribution is 7.89. The van der Waals surface area contributed by atoms with Crippen molar-refractivity contribution in [3.63, 3.8) is 0 Å². The van der Waals surface area contributed by atoms with Crippen molar-refractivity contribution in [1.29, 1.82) is 0 Å². The number of sulfonamides is 1. The van der Waals surface area contributed by atoms with Crippen LogP contribution in [0, 0.1) is 5.82 Å². The molecule has 0 spiro atoms. The summed E-state index contributed by atoms with van der Waals surface area (Å²) in [4.78, 5) is 39.7. The summed E-state index contributed by atoms with van der Waals surface area (Å²) in [5.41, 5.74) is 5.96. The molecule has 1 aromatic heterocycles. The van der Waals surface area contributed by atoms with E-state index in [1.807, 2.05) is 0 Å². The molecule has 0 bridgehead atoms. The number of nitrogens with zero attached hydrogens (tertiary/aromatic N) is 2. The van der Waals surface area contributed by atoms with Crippen molar-refractivity contribution in [3.05, 3.63) is 95.1 Å². The zero-order chi connectivity index (χ0) is 26.3. The number of nitrogens with two attached hydrogens (primary N) is 1. The van der Waals surface area contributed by atoms with Crippen LogP contribution < -0.4 is 11.1 Å². The van der Waals surface area contributed by atoms with Gasteiger partial charge in [0, 0.05) is 18.3 Å². The van der Waals surface area contributed by atoms with Gasteiger partial charge >= 0.3 is 0 Å². The molecule has 0 atom stereocenters. The van der Waals surface area contributed by atoms with Crippen molar-refractivity contribution in [1.82, 2.24) is 14.6 Å². The number of benzene rings is 2. The monoisotopic (exact) mass is 514 g/mol. The first kappa shape index (κ1) is 26.4. The van der Waals surface area contributed by atoms with Crippen LogP contribution in [0.1, 0.15) is 36.8 Å². The first-order chi connectivity index (χ1) is 17.1. The number of primary amides is 1. The van der Waals surface area contributed by atoms with E-state index in [4.69, 9.17) is 5.73 Å². The minimum Gasteiger partial charge on any atom is -0.394 e. The number of aromatic nitrogens is 1. The van der Waals surface area contributed by atoms with Crippen LogP contribution >= 0.6 is 0 Å². The summed E-state index contributed by atoms with van der Waals surface area (Å²) in [6.07, 6.45) is 1.43. The summed E-state index contributed by atoms with van der Waals surface area (Å²) in [6.45, 7) is -0.842. The highest BCUT2D eigenvalue weighted by Crippen LogP contribution is 2.19. The lowest BCUT2D eigenvalue weighted by atomic mass is 10.1. The summed E-state index contributed by atoms with van der Waals surface area (Å²) in [7, 11) is -4.32. The van der Waals surface area contributed by atoms with Gasteiger partial charge in [-0.25, -0.2) is 17.1 Å². The maximum Gasteiger partial charge on any atom is 0.269 e. The predicted octanol–water partition coefficient (Wildman–Crippen LogP) is 1.12. The Kier molecular flexibility index (Phi) is 8.46. The van der Waals surface area contributed by atoms with Crippen molar-refractivity contribution in [2.45, 2.75) is 11.3 Å². The number of hydrogen-bond donors (Lipinski definition) is 3. The molecule has 2 aromatic carbocycles. The molecule has 0 fully saturated rings. The molecule has 4 N–H and O–H groups in total. The summed E-state index contributed by atoms with van der Waals surface area (Å²) in [5, 5.41) is 12.0. The smallest absolute Gasteiger partial charge is 0.269 e. The summed E-state index contributed by atoms with van der Waals surface area (Å²) in [6, 6.07) is 13.2. The van der Waals surface area contributed by atoms with Crippen molar-refractivity contribution >= 4 is 27.7 Å². The minimum absolute atomic E-state index is 0.0902. The highest BCUT2D eigenvalue weighted by Gasteiger charge is 2.30. The molecule has 1 heterocycles. The van der Waals surface area contributed by atoms with E-state index in [2.05, 4.69) is 10.3 Å². The van der Waals surface area contributed by atoms with Crippen LogP contribution in [0.5, 0.6) is 0 Å². The molecule has 0 saturated heterocycles. The van der Waals surface area contributed by atoms with E-state index in [1.54, 1.807) is 12.1 Å². The maximum absolute atomic E-state index is 13.1. The second-order valence-electron chi connectivity index (χ2n) is 7.56. The normalized spacial score (nSPS) is 11.1. The van der Waals surface area contributed by atoms with Gasteiger partial charge in [-0.3, -0.25) is 19.4 Å². The van der Waals surface area contributed by atoms with Gasteiger partial charge in [-0.05, 0) is 60.5 Å². The maximum atomic E-state index is 13.1. The van der Waals surface area contributed by atoms with Crippen molar-refractivity contribution in [2.75, 3.05) is 19.7 Å². The summed E-state index contributed by atoms with van der Waals surface area (Å²) >= 11 is 0. The zero-order valence-electron chi connectivity index (χ0n) is 18.9. The van der Waals surface area contributed by atoms with Crippen LogP contribution in [0.2, 0.25) is 0 Å². The molecule has 12 heteroatoms. The van der Waals surface area contributed by atoms with Crippen molar-refractivity contribution in [2.24, 2.45) is 5.73 Å². The number of hydrogen-bond acceptors (Lipinski definition) is 7. The van der Waals surface area contributed by atoms with Gasteiger partial charge in [0.15, 0.2) is 0 Å². The number of halogens is 1. The Morgan fingerprint density at radius 1 is 0.972 bits per heavy atom. The van der Waals surface area contributed by atoms with Crippen LogP contribution in [0.25, 0.3) is 0 Å². The quantitative estimate of drug-likeness (QED) is 0.365. The number of amides is 3. The molecule has 36 heavy (non-hydrogen) atoms. The number of carbonyl (C=O) groups excluding carboxylic acids is 3. The van der Waals surface area contributed by atoms with E-state index >= 15 is 0 Å². The zero-order valence-corrected chi connectivity index (χ0v) is 19.7. The Balaban J connectivity index is 1.68. The minimum atomic E-state index is -4.32. The third-order valence-corrected chi connectivity index (χ3v) is 6.91. The predicted molar refractivity (Wildman–Crippen MR) is 127 cm³/mol. The average Bonchev–Trinajstić information content (AvgIpc) is 2.87. The SMILES string of the molecule is NC(=O)c1ccc(C(=O)N(CCO)S(=O)(=O)c2ccc(CCNC(=O)c3ccc(F)cc3)cc2)cn1. The molecule has 0 aliphatic carbocycles. The number of aliphatic hydroxyl groups is 1. The van der Waals surface area contributed by atoms with E-state index in [1.165, 1.54) is 48.5 Å². The first-order valence-corrected chi connectivity index (χ1v) is 12.1. The topological polar surface area (TPSA) is 160 Å². The largest absolute Gasteiger partial charge is 0.394 e. The summed E-state index contributed by atoms with van der Waals surface area (Å²) < 4.78 is 39.7. The lowest BCUT2D eigenvalue weighted by Gasteiger charge is -2.22. The van der Waals surface area contributed by atoms with Crippen LogP contribution in [0.15, 0.2) is 71.8 Å². The number of aliphatic hydroxyl groups excluding tert-OH is 1. The first-order valence-electron chi connectivity index (χ1n) is 10.7. The third-order valence-electron chi connectivity index (χ3n) is 5.11. The Labute approximate surface area is 206 Å². The van der Waals surface area contributed by atoms with Gasteiger partial charge in [0.2, 0.25) is 0 Å². The summed E-state index contributed by atoms with van der Waals surface area (Å²) in [5.74, 6) is -2.55. The highest BCUT2D eigenvalue weighted by atomic mass is 32.2. The van der Waals surface area contributed by atoms with Gasteiger partial charge in [0.05, 0.1) is 23.6 Å². The fraction of sp³-hybridized carbons (Fsp3) is 0.167. The number of nitrogens with one attached hydrogen (secondary N) is 1. The molecule has 0 radical (unpaired) electrons. The Bertz CT molecular complexity index is 1340. The second-order valence-corrected chi connectivity index (χ2v) is 9.42. The van der Waals surface area contributed by atoms with Gasteiger partial charge in [-0.2, -0.15) is 0 Å². The molecule has 3 aromatic rings. The van der Waals surface area contributed by atoms with Gasteiger partial charge in [0.25, 0.3) is 27.7 Å². The van der Waals surface area contributed by atoms with Crippen LogP contribution in [0.3, 0.4) is 0 Å². The van der Waals surface area contributed by atoms with Crippen molar-refractivity contribution < 1.29 is 32.3 Å². The molecule has 0 unspecified atom stereocenters. The Morgan fingerprint density at radius 3 is 2.17 bits per heavy atom. The van der Waals surface area contributed by atoms with E-state index in [9.17, 15) is 32.3 Å². The molecule has 0 saturated carbocycles. The standard InChI is InChI=1S/C24H23FN4O6S/c25-19-6-3-17(4-7-19)23(32)27-12-11-16-1-8-20(9-2-16)36(34,35)29(13-14-30)24(33)18-5-10-21(22(26)31)28-15-18/h1-10,15,30H,11-14H2,(H2,26,31)(H,27,32). The average molecular weight is 515 g/mol. The lowest BCUT2D eigenvalue weighted by molar-refractivity contribution is 0.0840. The van der Waals surface area contributed by atoms with Crippen LogP contribution in [-0.4, -0.2) is 60.2 Å². The Hall–Kier alpha value is -4.16. The van der Waals surface area contributed by atoms with Crippen LogP contribution in [-0.2, 0) is 16.4 Å². The molecule has 3 rings (SSSR count). The lowest BCUT2D eigenvalue weighted by Crippen LogP contribution is -2.39. The molecule has 10 nitrogen and oxygen atoms in total. The number of rotatable bonds is 10. The van der Waals surface area contributed by atoms with Gasteiger partial charge in [-0.1, -0.05) is 12.1 Å².